The number of nitrogens with zero attached hydrogens (tertiary/aromatic N) is 1. The van der Waals surface area contributed by atoms with Crippen LogP contribution >= 0.6 is 12.2 Å². The van der Waals surface area contributed by atoms with Crippen molar-refractivity contribution in [2.45, 2.75) is 0 Å². The van der Waals surface area contributed by atoms with E-state index in [1.54, 1.807) is 24.3 Å². The quantitative estimate of drug-likeness (QED) is 0.373. The summed E-state index contributed by atoms with van der Waals surface area (Å²) >= 11 is 4.89. The van der Waals surface area contributed by atoms with Crippen molar-refractivity contribution in [3.8, 4) is 11.5 Å². The number of hydrazine groups is 1. The molecule has 146 valence electrons. The number of nitro benzene ring substituents is 1. The van der Waals surface area contributed by atoms with E-state index in [4.69, 9.17) is 21.7 Å². The fourth-order valence-electron chi connectivity index (χ4n) is 1.95. The molecule has 2 aromatic rings. The first-order chi connectivity index (χ1) is 13.4. The van der Waals surface area contributed by atoms with Crippen LogP contribution in [0.3, 0.4) is 0 Å². The number of non-ortho nitro benzene ring substituents is 1. The summed E-state index contributed by atoms with van der Waals surface area (Å²) in [5.74, 6) is -0.0755. The first-order valence-electron chi connectivity index (χ1n) is 7.80. The molecule has 0 atom stereocenters. The van der Waals surface area contributed by atoms with E-state index < -0.39 is 16.7 Å². The number of ether oxygens (including phenoxy) is 2. The van der Waals surface area contributed by atoms with Crippen molar-refractivity contribution in [2.75, 3.05) is 13.7 Å². The van der Waals surface area contributed by atoms with Gasteiger partial charge in [-0.1, -0.05) is 6.07 Å². The molecule has 0 saturated heterocycles. The molecular formula is C17H16N4O6S. The molecule has 0 aromatic heterocycles. The number of nitrogens with one attached hydrogen (secondary N) is 3. The van der Waals surface area contributed by atoms with E-state index in [9.17, 15) is 19.7 Å². The van der Waals surface area contributed by atoms with Crippen molar-refractivity contribution in [2.24, 2.45) is 0 Å². The molecule has 0 aliphatic rings. The van der Waals surface area contributed by atoms with Gasteiger partial charge in [0.25, 0.3) is 17.5 Å². The Balaban J connectivity index is 1.76. The topological polar surface area (TPSA) is 132 Å². The minimum Gasteiger partial charge on any atom is -0.497 e. The fraction of sp³-hybridized carbons (Fsp3) is 0.118. The van der Waals surface area contributed by atoms with E-state index in [0.29, 0.717) is 11.5 Å². The van der Waals surface area contributed by atoms with Crippen molar-refractivity contribution in [3.63, 3.8) is 0 Å². The average Bonchev–Trinajstić information content (AvgIpc) is 2.71. The molecule has 0 unspecified atom stereocenters. The zero-order valence-corrected chi connectivity index (χ0v) is 15.4. The Kier molecular flexibility index (Phi) is 7.22. The summed E-state index contributed by atoms with van der Waals surface area (Å²) in [4.78, 5) is 33.9. The van der Waals surface area contributed by atoms with Gasteiger partial charge in [0.1, 0.15) is 11.5 Å². The van der Waals surface area contributed by atoms with Crippen molar-refractivity contribution < 1.29 is 24.0 Å². The van der Waals surface area contributed by atoms with E-state index in [2.05, 4.69) is 16.2 Å². The number of thiocarbonyl (C=S) groups is 1. The number of amides is 2. The lowest BCUT2D eigenvalue weighted by Crippen LogP contribution is -2.49. The molecule has 0 radical (unpaired) electrons. The molecule has 10 nitrogen and oxygen atoms in total. The van der Waals surface area contributed by atoms with Crippen molar-refractivity contribution in [1.29, 1.82) is 0 Å². The van der Waals surface area contributed by atoms with Gasteiger partial charge in [-0.3, -0.25) is 35.9 Å². The van der Waals surface area contributed by atoms with Gasteiger partial charge in [-0.15, -0.1) is 0 Å². The Morgan fingerprint density at radius 2 is 1.79 bits per heavy atom. The van der Waals surface area contributed by atoms with Gasteiger partial charge in [0.2, 0.25) is 0 Å². The Bertz CT molecular complexity index is 887. The number of rotatable bonds is 6. The van der Waals surface area contributed by atoms with Gasteiger partial charge in [0, 0.05) is 17.7 Å². The van der Waals surface area contributed by atoms with Crippen molar-refractivity contribution in [3.05, 3.63) is 64.2 Å². The van der Waals surface area contributed by atoms with Gasteiger partial charge in [-0.25, -0.2) is 0 Å². The third-order valence-electron chi connectivity index (χ3n) is 3.29. The number of carbonyl (C=O) groups is 2. The third kappa shape index (κ3) is 6.21. The molecule has 0 aliphatic heterocycles. The predicted octanol–water partition coefficient (Wildman–Crippen LogP) is 1.32. The first-order valence-corrected chi connectivity index (χ1v) is 8.21. The molecule has 0 spiro atoms. The minimum atomic E-state index is -0.662. The van der Waals surface area contributed by atoms with Crippen LogP contribution in [-0.4, -0.2) is 35.6 Å². The number of hydrogen-bond donors (Lipinski definition) is 3. The highest BCUT2D eigenvalue weighted by Crippen LogP contribution is 2.16. The molecule has 11 heteroatoms. The van der Waals surface area contributed by atoms with Crippen molar-refractivity contribution in [1.82, 2.24) is 16.2 Å². The summed E-state index contributed by atoms with van der Waals surface area (Å²) in [6.45, 7) is -0.291. The van der Waals surface area contributed by atoms with Crippen LogP contribution in [0.1, 0.15) is 10.4 Å². The number of methoxy groups -OCH3 is 1. The standard InChI is InChI=1S/C17H16N4O6S/c1-26-13-5-7-14(8-6-13)27-10-15(22)19-20-17(28)18-16(23)11-3-2-4-12(9-11)21(24)25/h2-9H,10H2,1H3,(H,19,22)(H2,18,20,23,28). The lowest BCUT2D eigenvalue weighted by molar-refractivity contribution is -0.384. The van der Waals surface area contributed by atoms with Crippen LogP contribution in [0.4, 0.5) is 5.69 Å². The normalized spacial score (nSPS) is 9.75. The smallest absolute Gasteiger partial charge is 0.276 e. The third-order valence-corrected chi connectivity index (χ3v) is 3.50. The van der Waals surface area contributed by atoms with Crippen LogP contribution in [-0.2, 0) is 4.79 Å². The van der Waals surface area contributed by atoms with Gasteiger partial charge in [0.15, 0.2) is 11.7 Å². The van der Waals surface area contributed by atoms with Gasteiger partial charge < -0.3 is 9.47 Å². The maximum absolute atomic E-state index is 12.0. The monoisotopic (exact) mass is 404 g/mol. The number of benzene rings is 2. The van der Waals surface area contributed by atoms with Crippen LogP contribution in [0.2, 0.25) is 0 Å². The van der Waals surface area contributed by atoms with Crippen LogP contribution in [0.25, 0.3) is 0 Å². The number of carbonyl (C=O) groups excluding carboxylic acids is 2. The van der Waals surface area contributed by atoms with E-state index in [1.165, 1.54) is 25.3 Å². The molecule has 3 N–H and O–H groups in total. The van der Waals surface area contributed by atoms with E-state index in [1.807, 2.05) is 0 Å². The zero-order chi connectivity index (χ0) is 20.5. The Hall–Kier alpha value is -3.73. The summed E-state index contributed by atoms with van der Waals surface area (Å²) < 4.78 is 10.3. The molecule has 0 heterocycles. The van der Waals surface area contributed by atoms with Crippen LogP contribution < -0.4 is 25.6 Å². The summed E-state index contributed by atoms with van der Waals surface area (Å²) in [5, 5.41) is 12.8. The Labute approximate surface area is 164 Å². The lowest BCUT2D eigenvalue weighted by atomic mass is 10.2. The number of nitro groups is 1. The summed E-state index contributed by atoms with van der Waals surface area (Å²) in [5.41, 5.74) is 4.42. The molecule has 2 aromatic carbocycles. The highest BCUT2D eigenvalue weighted by atomic mass is 32.1. The van der Waals surface area contributed by atoms with E-state index >= 15 is 0 Å². The Morgan fingerprint density at radius 1 is 1.11 bits per heavy atom. The fourth-order valence-corrected chi connectivity index (χ4v) is 2.09. The van der Waals surface area contributed by atoms with Gasteiger partial charge in [0.05, 0.1) is 12.0 Å². The zero-order valence-electron chi connectivity index (χ0n) is 14.6. The lowest BCUT2D eigenvalue weighted by Gasteiger charge is -2.11. The largest absolute Gasteiger partial charge is 0.497 e. The highest BCUT2D eigenvalue weighted by Gasteiger charge is 2.13. The van der Waals surface area contributed by atoms with Gasteiger partial charge >= 0.3 is 0 Å². The molecule has 0 aliphatic carbocycles. The average molecular weight is 404 g/mol. The van der Waals surface area contributed by atoms with Gasteiger partial charge in [-0.05, 0) is 42.5 Å². The van der Waals surface area contributed by atoms with Gasteiger partial charge in [-0.2, -0.15) is 0 Å². The molecule has 0 fully saturated rings. The van der Waals surface area contributed by atoms with Crippen LogP contribution in [0.5, 0.6) is 11.5 Å². The molecule has 0 bridgehead atoms. The Morgan fingerprint density at radius 3 is 2.43 bits per heavy atom. The van der Waals surface area contributed by atoms with E-state index in [0.717, 1.165) is 6.07 Å². The molecule has 0 saturated carbocycles. The molecule has 2 rings (SSSR count). The summed E-state index contributed by atoms with van der Waals surface area (Å²) in [6.07, 6.45) is 0. The summed E-state index contributed by atoms with van der Waals surface area (Å²) in [7, 11) is 1.54. The predicted molar refractivity (Wildman–Crippen MR) is 103 cm³/mol. The minimum absolute atomic E-state index is 0.0486. The highest BCUT2D eigenvalue weighted by molar-refractivity contribution is 7.80. The van der Waals surface area contributed by atoms with Crippen LogP contribution in [0.15, 0.2) is 48.5 Å². The second-order valence-corrected chi connectivity index (χ2v) is 5.64. The maximum atomic E-state index is 12.0. The van der Waals surface area contributed by atoms with E-state index in [-0.39, 0.29) is 23.0 Å². The number of hydrogen-bond acceptors (Lipinski definition) is 7. The SMILES string of the molecule is COc1ccc(OCC(=O)NNC(=S)NC(=O)c2cccc([N+](=O)[O-])c2)cc1. The van der Waals surface area contributed by atoms with Crippen LogP contribution in [0, 0.1) is 10.1 Å². The molecule has 2 amide bonds. The maximum Gasteiger partial charge on any atom is 0.276 e. The second kappa shape index (κ2) is 9.83. The van der Waals surface area contributed by atoms with Crippen molar-refractivity contribution >= 4 is 34.8 Å². The molecule has 28 heavy (non-hydrogen) atoms. The second-order valence-electron chi connectivity index (χ2n) is 5.23. The molecular weight excluding hydrogens is 388 g/mol. The first kappa shape index (κ1) is 20.6. The summed E-state index contributed by atoms with van der Waals surface area (Å²) in [6, 6.07) is 11.8.